The lowest BCUT2D eigenvalue weighted by Crippen LogP contribution is -2.43. The third-order valence-corrected chi connectivity index (χ3v) is 6.09. The van der Waals surface area contributed by atoms with Gasteiger partial charge in [0.1, 0.15) is 0 Å². The smallest absolute Gasteiger partial charge is 0.224 e. The molecule has 1 unspecified atom stereocenters. The molecule has 2 aliphatic heterocycles. The van der Waals surface area contributed by atoms with Crippen LogP contribution >= 0.6 is 0 Å². The van der Waals surface area contributed by atoms with E-state index in [9.17, 15) is 4.79 Å². The van der Waals surface area contributed by atoms with Gasteiger partial charge in [-0.25, -0.2) is 0 Å². The quantitative estimate of drug-likeness (QED) is 0.905. The van der Waals surface area contributed by atoms with Crippen molar-refractivity contribution in [1.82, 2.24) is 20.4 Å². The number of hydrogen-bond acceptors (Lipinski definition) is 3. The summed E-state index contributed by atoms with van der Waals surface area (Å²) in [4.78, 5) is 12.7. The number of aryl methyl sites for hydroxylation is 2. The molecular weight excluding hydrogens is 300 g/mol. The van der Waals surface area contributed by atoms with Crippen LogP contribution in [0.15, 0.2) is 18.2 Å². The van der Waals surface area contributed by atoms with Crippen molar-refractivity contribution in [2.24, 2.45) is 17.8 Å². The molecule has 126 valence electrons. The minimum atomic E-state index is -0.451. The van der Waals surface area contributed by atoms with Gasteiger partial charge in [0.05, 0.1) is 16.7 Å². The molecule has 0 spiro atoms. The molecule has 1 saturated heterocycles. The summed E-state index contributed by atoms with van der Waals surface area (Å²) < 4.78 is 2.13. The van der Waals surface area contributed by atoms with Crippen LogP contribution in [0.2, 0.25) is 0 Å². The summed E-state index contributed by atoms with van der Waals surface area (Å²) in [6, 6.07) is 6.47. The molecule has 1 aliphatic carbocycles. The minimum absolute atomic E-state index is 0.199. The van der Waals surface area contributed by atoms with Crippen molar-refractivity contribution in [3.8, 4) is 0 Å². The van der Waals surface area contributed by atoms with Crippen LogP contribution in [0, 0.1) is 17.8 Å². The van der Waals surface area contributed by atoms with Gasteiger partial charge in [-0.1, -0.05) is 18.2 Å². The van der Waals surface area contributed by atoms with E-state index in [4.69, 9.17) is 5.10 Å². The summed E-state index contributed by atoms with van der Waals surface area (Å²) in [7, 11) is 0. The zero-order chi connectivity index (χ0) is 16.5. The predicted octanol–water partition coefficient (Wildman–Crippen LogP) is 1.80. The first kappa shape index (κ1) is 14.5. The van der Waals surface area contributed by atoms with Crippen LogP contribution in [0.4, 0.5) is 0 Å². The first-order chi connectivity index (χ1) is 11.6. The second-order valence-corrected chi connectivity index (χ2v) is 8.11. The molecule has 1 aromatic heterocycles. The van der Waals surface area contributed by atoms with E-state index in [0.29, 0.717) is 11.8 Å². The van der Waals surface area contributed by atoms with Crippen LogP contribution in [0.5, 0.6) is 0 Å². The highest BCUT2D eigenvalue weighted by molar-refractivity contribution is 5.88. The lowest BCUT2D eigenvalue weighted by Gasteiger charge is -2.25. The summed E-state index contributed by atoms with van der Waals surface area (Å²) in [6.45, 7) is 7.11. The second kappa shape index (κ2) is 4.82. The molecule has 5 rings (SSSR count). The summed E-state index contributed by atoms with van der Waals surface area (Å²) in [5.74, 6) is 1.49. The molecule has 0 radical (unpaired) electrons. The van der Waals surface area contributed by atoms with Gasteiger partial charge < -0.3 is 10.6 Å². The standard InChI is InChI=1S/C19H24N4O/c1-19(2,21-18(24)15-13-9-20-10-14(13)15)17-12-7-3-5-11-6-4-8-23(22-17)16(11)12/h3,5,7,13-15,20H,4,6,8-10H2,1-2H3,(H,21,24)/t13-,14+,15?. The van der Waals surface area contributed by atoms with Crippen LogP contribution in [-0.2, 0) is 23.3 Å². The Labute approximate surface area is 141 Å². The van der Waals surface area contributed by atoms with Gasteiger partial charge in [-0.15, -0.1) is 0 Å². The second-order valence-electron chi connectivity index (χ2n) is 8.11. The van der Waals surface area contributed by atoms with Crippen LogP contribution < -0.4 is 10.6 Å². The summed E-state index contributed by atoms with van der Waals surface area (Å²) in [5, 5.41) is 12.7. The topological polar surface area (TPSA) is 59.0 Å². The normalized spacial score (nSPS) is 28.0. The molecule has 2 fully saturated rings. The van der Waals surface area contributed by atoms with Crippen molar-refractivity contribution in [2.45, 2.75) is 38.8 Å². The molecule has 3 atom stereocenters. The maximum atomic E-state index is 12.7. The van der Waals surface area contributed by atoms with E-state index in [2.05, 4.69) is 47.4 Å². The molecule has 2 N–H and O–H groups in total. The van der Waals surface area contributed by atoms with Crippen LogP contribution in [0.3, 0.4) is 0 Å². The van der Waals surface area contributed by atoms with Gasteiger partial charge in [0.25, 0.3) is 0 Å². The molecule has 5 heteroatoms. The number of rotatable bonds is 3. The number of amides is 1. The first-order valence-electron chi connectivity index (χ1n) is 9.08. The van der Waals surface area contributed by atoms with Gasteiger partial charge in [0.2, 0.25) is 5.91 Å². The fourth-order valence-corrected chi connectivity index (χ4v) is 4.81. The zero-order valence-corrected chi connectivity index (χ0v) is 14.3. The number of para-hydroxylation sites is 1. The highest BCUT2D eigenvalue weighted by atomic mass is 16.2. The number of benzene rings is 1. The Morgan fingerprint density at radius 1 is 1.33 bits per heavy atom. The number of piperidine rings is 1. The largest absolute Gasteiger partial charge is 0.345 e. The fraction of sp³-hybridized carbons (Fsp3) is 0.579. The SMILES string of the molecule is CC(C)(NC(=O)C1[C@H]2CNC[C@@H]12)c1nn2c3c(cccc13)CCC2. The van der Waals surface area contributed by atoms with Crippen molar-refractivity contribution >= 4 is 16.8 Å². The number of fused-ring (bicyclic) bond motifs is 1. The third kappa shape index (κ3) is 1.97. The predicted molar refractivity (Wildman–Crippen MR) is 92.6 cm³/mol. The van der Waals surface area contributed by atoms with E-state index in [-0.39, 0.29) is 11.8 Å². The molecular formula is C19H24N4O. The summed E-state index contributed by atoms with van der Waals surface area (Å²) >= 11 is 0. The fourth-order valence-electron chi connectivity index (χ4n) is 4.81. The molecule has 0 bridgehead atoms. The molecule has 1 amide bonds. The molecule has 3 aliphatic rings. The number of carbonyl (C=O) groups excluding carboxylic acids is 1. The Kier molecular flexibility index (Phi) is 2.90. The van der Waals surface area contributed by atoms with Crippen LogP contribution in [-0.4, -0.2) is 28.8 Å². The molecule has 1 saturated carbocycles. The van der Waals surface area contributed by atoms with E-state index in [1.807, 2.05) is 0 Å². The Morgan fingerprint density at radius 2 is 2.12 bits per heavy atom. The zero-order valence-electron chi connectivity index (χ0n) is 14.3. The number of nitrogens with zero attached hydrogens (tertiary/aromatic N) is 2. The lowest BCUT2D eigenvalue weighted by molar-refractivity contribution is -0.124. The Balaban J connectivity index is 1.48. The highest BCUT2D eigenvalue weighted by Crippen LogP contribution is 2.49. The first-order valence-corrected chi connectivity index (χ1v) is 9.08. The van der Waals surface area contributed by atoms with E-state index in [1.165, 1.54) is 16.5 Å². The summed E-state index contributed by atoms with van der Waals surface area (Å²) in [5.41, 5.74) is 3.18. The van der Waals surface area contributed by atoms with Gasteiger partial charge in [-0.3, -0.25) is 9.48 Å². The Bertz CT molecular complexity index is 827. The van der Waals surface area contributed by atoms with Gasteiger partial charge in [-0.2, -0.15) is 5.10 Å². The van der Waals surface area contributed by atoms with Crippen LogP contribution in [0.1, 0.15) is 31.5 Å². The van der Waals surface area contributed by atoms with Gasteiger partial charge in [0.15, 0.2) is 0 Å². The van der Waals surface area contributed by atoms with Crippen molar-refractivity contribution < 1.29 is 4.79 Å². The van der Waals surface area contributed by atoms with Gasteiger partial charge in [0, 0.05) is 17.8 Å². The van der Waals surface area contributed by atoms with Crippen molar-refractivity contribution in [3.05, 3.63) is 29.5 Å². The molecule has 24 heavy (non-hydrogen) atoms. The maximum Gasteiger partial charge on any atom is 0.224 e. The van der Waals surface area contributed by atoms with Crippen molar-refractivity contribution in [2.75, 3.05) is 13.1 Å². The molecule has 1 aromatic carbocycles. The highest BCUT2D eigenvalue weighted by Gasteiger charge is 2.57. The molecule has 2 aromatic rings. The molecule has 5 nitrogen and oxygen atoms in total. The van der Waals surface area contributed by atoms with Crippen molar-refractivity contribution in [1.29, 1.82) is 0 Å². The number of carbonyl (C=O) groups is 1. The average Bonchev–Trinajstić information content (AvgIpc) is 2.90. The van der Waals surface area contributed by atoms with Crippen molar-refractivity contribution in [3.63, 3.8) is 0 Å². The van der Waals surface area contributed by atoms with E-state index in [0.717, 1.165) is 38.2 Å². The number of hydrogen-bond donors (Lipinski definition) is 2. The third-order valence-electron chi connectivity index (χ3n) is 6.09. The van der Waals surface area contributed by atoms with E-state index in [1.54, 1.807) is 0 Å². The Morgan fingerprint density at radius 3 is 2.92 bits per heavy atom. The summed E-state index contributed by atoms with van der Waals surface area (Å²) in [6.07, 6.45) is 2.26. The maximum absolute atomic E-state index is 12.7. The lowest BCUT2D eigenvalue weighted by atomic mass is 9.94. The van der Waals surface area contributed by atoms with Gasteiger partial charge >= 0.3 is 0 Å². The monoisotopic (exact) mass is 324 g/mol. The number of aromatic nitrogens is 2. The number of nitrogens with one attached hydrogen (secondary N) is 2. The van der Waals surface area contributed by atoms with Crippen LogP contribution in [0.25, 0.3) is 10.9 Å². The minimum Gasteiger partial charge on any atom is -0.345 e. The Hall–Kier alpha value is -1.88. The molecule has 3 heterocycles. The van der Waals surface area contributed by atoms with E-state index < -0.39 is 5.54 Å². The average molecular weight is 324 g/mol. The van der Waals surface area contributed by atoms with E-state index >= 15 is 0 Å². The van der Waals surface area contributed by atoms with Gasteiger partial charge in [-0.05, 0) is 57.2 Å².